The van der Waals surface area contributed by atoms with Crippen molar-refractivity contribution in [1.29, 1.82) is 0 Å². The molecule has 1 unspecified atom stereocenters. The molecule has 0 fully saturated rings. The summed E-state index contributed by atoms with van der Waals surface area (Å²) in [6, 6.07) is 30.6. The van der Waals surface area contributed by atoms with Crippen LogP contribution in [0.2, 0.25) is 0 Å². The van der Waals surface area contributed by atoms with Gasteiger partial charge in [0, 0.05) is 12.0 Å². The smallest absolute Gasteiger partial charge is 0.326 e. The van der Waals surface area contributed by atoms with Gasteiger partial charge < -0.3 is 19.9 Å². The molecule has 0 saturated heterocycles. The summed E-state index contributed by atoms with van der Waals surface area (Å²) in [5, 5.41) is 12.3. The predicted octanol–water partition coefficient (Wildman–Crippen LogP) is 5.58. The van der Waals surface area contributed by atoms with Gasteiger partial charge in [-0.05, 0) is 65.6 Å². The monoisotopic (exact) mass is 495 g/mol. The molecule has 0 spiro atoms. The van der Waals surface area contributed by atoms with Crippen LogP contribution in [0.1, 0.15) is 32.6 Å². The van der Waals surface area contributed by atoms with Crippen molar-refractivity contribution in [1.82, 2.24) is 5.32 Å². The van der Waals surface area contributed by atoms with Gasteiger partial charge in [0.25, 0.3) is 5.91 Å². The van der Waals surface area contributed by atoms with Crippen molar-refractivity contribution in [2.75, 3.05) is 0 Å². The van der Waals surface area contributed by atoms with Gasteiger partial charge in [0.1, 0.15) is 30.8 Å². The van der Waals surface area contributed by atoms with Crippen LogP contribution in [0.3, 0.4) is 0 Å². The van der Waals surface area contributed by atoms with Gasteiger partial charge in [-0.15, -0.1) is 0 Å². The summed E-state index contributed by atoms with van der Waals surface area (Å²) in [6.45, 7) is 2.90. The van der Waals surface area contributed by atoms with E-state index in [0.717, 1.165) is 22.3 Å². The maximum Gasteiger partial charge on any atom is 0.326 e. The average molecular weight is 496 g/mol. The molecule has 0 radical (unpaired) electrons. The lowest BCUT2D eigenvalue weighted by Gasteiger charge is -2.15. The number of ether oxygens (including phenoxy) is 2. The van der Waals surface area contributed by atoms with E-state index in [4.69, 9.17) is 9.47 Å². The summed E-state index contributed by atoms with van der Waals surface area (Å²) in [7, 11) is 0. The van der Waals surface area contributed by atoms with Crippen molar-refractivity contribution in [2.45, 2.75) is 32.6 Å². The van der Waals surface area contributed by atoms with E-state index < -0.39 is 17.9 Å². The Bertz CT molecular complexity index is 1320. The second-order valence-corrected chi connectivity index (χ2v) is 8.73. The molecule has 2 N–H and O–H groups in total. The average Bonchev–Trinajstić information content (AvgIpc) is 2.92. The number of carbonyl (C=O) groups excluding carboxylic acids is 1. The highest BCUT2D eigenvalue weighted by molar-refractivity contribution is 5.96. The summed E-state index contributed by atoms with van der Waals surface area (Å²) in [5.74, 6) is -0.242. The van der Waals surface area contributed by atoms with Gasteiger partial charge in [-0.1, -0.05) is 66.7 Å². The lowest BCUT2D eigenvalue weighted by Crippen LogP contribution is -2.42. The Labute approximate surface area is 216 Å². The largest absolute Gasteiger partial charge is 0.489 e. The second-order valence-electron chi connectivity index (χ2n) is 8.73. The zero-order valence-electron chi connectivity index (χ0n) is 20.6. The van der Waals surface area contributed by atoms with E-state index in [2.05, 4.69) is 5.32 Å². The third-order valence-corrected chi connectivity index (χ3v) is 5.99. The molecule has 4 aromatic rings. The van der Waals surface area contributed by atoms with Crippen LogP contribution in [0, 0.1) is 6.92 Å². The maximum atomic E-state index is 12.7. The number of amides is 1. The molecule has 0 saturated carbocycles. The molecular formula is C31H29NO5. The third kappa shape index (κ3) is 7.45. The van der Waals surface area contributed by atoms with Gasteiger partial charge in [-0.25, -0.2) is 4.79 Å². The first-order valence-corrected chi connectivity index (χ1v) is 12.0. The molecule has 0 aromatic heterocycles. The molecule has 4 rings (SSSR count). The zero-order valence-corrected chi connectivity index (χ0v) is 20.6. The Hall–Kier alpha value is -4.58. The van der Waals surface area contributed by atoms with Crippen LogP contribution in [-0.4, -0.2) is 23.0 Å². The number of carbonyl (C=O) groups is 2. The Morgan fingerprint density at radius 2 is 1.32 bits per heavy atom. The highest BCUT2D eigenvalue weighted by Gasteiger charge is 2.21. The van der Waals surface area contributed by atoms with Crippen LogP contribution in [0.4, 0.5) is 0 Å². The molecular weight excluding hydrogens is 466 g/mol. The molecule has 6 nitrogen and oxygen atoms in total. The number of benzene rings is 4. The first kappa shape index (κ1) is 25.5. The van der Waals surface area contributed by atoms with Gasteiger partial charge in [-0.2, -0.15) is 0 Å². The molecule has 6 heteroatoms. The summed E-state index contributed by atoms with van der Waals surface area (Å²) in [6.07, 6.45) is 0.150. The lowest BCUT2D eigenvalue weighted by molar-refractivity contribution is -0.139. The molecule has 4 aromatic carbocycles. The number of carboxylic acid groups (broad SMARTS) is 1. The number of carboxylic acids is 1. The number of nitrogens with one attached hydrogen (secondary N) is 1. The quantitative estimate of drug-likeness (QED) is 0.284. The molecule has 188 valence electrons. The van der Waals surface area contributed by atoms with E-state index in [9.17, 15) is 14.7 Å². The maximum absolute atomic E-state index is 12.7. The van der Waals surface area contributed by atoms with Crippen LogP contribution in [0.5, 0.6) is 11.5 Å². The van der Waals surface area contributed by atoms with Gasteiger partial charge in [0.15, 0.2) is 0 Å². The zero-order chi connectivity index (χ0) is 26.0. The van der Waals surface area contributed by atoms with E-state index in [1.807, 2.05) is 73.7 Å². The van der Waals surface area contributed by atoms with E-state index in [0.29, 0.717) is 30.3 Å². The van der Waals surface area contributed by atoms with E-state index in [-0.39, 0.29) is 6.42 Å². The molecule has 1 amide bonds. The Morgan fingerprint density at radius 1 is 0.730 bits per heavy atom. The number of aliphatic carboxylic acids is 1. The van der Waals surface area contributed by atoms with Crippen LogP contribution in [0.25, 0.3) is 0 Å². The third-order valence-electron chi connectivity index (χ3n) is 5.99. The highest BCUT2D eigenvalue weighted by Crippen LogP contribution is 2.18. The molecule has 0 aliphatic rings. The van der Waals surface area contributed by atoms with Crippen LogP contribution in [0.15, 0.2) is 103 Å². The summed E-state index contributed by atoms with van der Waals surface area (Å²) in [4.78, 5) is 24.6. The van der Waals surface area contributed by atoms with Crippen molar-refractivity contribution < 1.29 is 24.2 Å². The van der Waals surface area contributed by atoms with Gasteiger partial charge >= 0.3 is 5.97 Å². The number of hydrogen-bond donors (Lipinski definition) is 2. The van der Waals surface area contributed by atoms with Gasteiger partial charge in [0.2, 0.25) is 0 Å². The lowest BCUT2D eigenvalue weighted by atomic mass is 10.1. The highest BCUT2D eigenvalue weighted by atomic mass is 16.5. The minimum atomic E-state index is -1.10. The molecule has 0 aliphatic heterocycles. The van der Waals surface area contributed by atoms with Crippen molar-refractivity contribution in [3.8, 4) is 11.5 Å². The second kappa shape index (κ2) is 12.4. The number of aryl methyl sites for hydroxylation is 1. The molecule has 1 atom stereocenters. The first-order valence-electron chi connectivity index (χ1n) is 12.0. The minimum absolute atomic E-state index is 0.150. The van der Waals surface area contributed by atoms with Crippen LogP contribution in [-0.2, 0) is 24.4 Å². The minimum Gasteiger partial charge on any atom is -0.489 e. The van der Waals surface area contributed by atoms with Crippen LogP contribution >= 0.6 is 0 Å². The van der Waals surface area contributed by atoms with Crippen molar-refractivity contribution in [3.63, 3.8) is 0 Å². The molecule has 37 heavy (non-hydrogen) atoms. The van der Waals surface area contributed by atoms with Gasteiger partial charge in [0.05, 0.1) is 0 Å². The van der Waals surface area contributed by atoms with Gasteiger partial charge in [-0.3, -0.25) is 4.79 Å². The fraction of sp³-hybridized carbons (Fsp3) is 0.161. The fourth-order valence-corrected chi connectivity index (χ4v) is 3.78. The first-order chi connectivity index (χ1) is 18.0. The number of hydrogen-bond acceptors (Lipinski definition) is 4. The summed E-state index contributed by atoms with van der Waals surface area (Å²) in [5.41, 5.74) is 4.43. The van der Waals surface area contributed by atoms with E-state index in [1.54, 1.807) is 36.4 Å². The predicted molar refractivity (Wildman–Crippen MR) is 142 cm³/mol. The van der Waals surface area contributed by atoms with E-state index in [1.165, 1.54) is 0 Å². The number of rotatable bonds is 11. The molecule has 0 heterocycles. The summed E-state index contributed by atoms with van der Waals surface area (Å²) >= 11 is 0. The summed E-state index contributed by atoms with van der Waals surface area (Å²) < 4.78 is 11.6. The topological polar surface area (TPSA) is 84.9 Å². The Balaban J connectivity index is 1.30. The Kier molecular flexibility index (Phi) is 8.55. The van der Waals surface area contributed by atoms with Crippen molar-refractivity contribution >= 4 is 11.9 Å². The molecule has 0 aliphatic carbocycles. The fourth-order valence-electron chi connectivity index (χ4n) is 3.78. The van der Waals surface area contributed by atoms with Crippen LogP contribution < -0.4 is 14.8 Å². The van der Waals surface area contributed by atoms with Crippen molar-refractivity contribution in [2.24, 2.45) is 0 Å². The molecule has 0 bridgehead atoms. The van der Waals surface area contributed by atoms with E-state index >= 15 is 0 Å². The van der Waals surface area contributed by atoms with Crippen molar-refractivity contribution in [3.05, 3.63) is 131 Å². The standard InChI is InChI=1S/C31H29NO5/c1-22-7-5-6-10-26(22)21-37-28-17-13-25(14-18-28)30(33)32-29(31(34)35)19-23-11-15-27(16-12-23)36-20-24-8-3-2-4-9-24/h2-18,29H,19-21H2,1H3,(H,32,33)(H,34,35). The SMILES string of the molecule is Cc1ccccc1COc1ccc(C(=O)NC(Cc2ccc(OCc3ccccc3)cc2)C(=O)O)cc1. The Morgan fingerprint density at radius 3 is 1.97 bits per heavy atom. The normalized spacial score (nSPS) is 11.4.